The van der Waals surface area contributed by atoms with Crippen LogP contribution in [0, 0.1) is 0 Å². The minimum Gasteiger partial charge on any atom is -0.494 e. The standard InChI is InChI=1S/C32H38N2O6/c1-32(2,3)40-31(38)33-19-8-4-5-9-20-39-27-17-15-23(16-18-27)24-12-10-13-26(21-24)30(37)34-28-14-7-6-11-25(28)22-29(35)36/h6-7,10-18,21H,4-5,8-9,19-20,22H2,1-3H3,(H,33,38)(H,34,37)(H,35,36). The number of benzene rings is 3. The number of rotatable bonds is 13. The van der Waals surface area contributed by atoms with Gasteiger partial charge < -0.3 is 25.2 Å². The van der Waals surface area contributed by atoms with Gasteiger partial charge in [-0.2, -0.15) is 0 Å². The number of hydrogen-bond acceptors (Lipinski definition) is 5. The molecule has 0 bridgehead atoms. The first-order valence-electron chi connectivity index (χ1n) is 13.5. The number of para-hydroxylation sites is 1. The van der Waals surface area contributed by atoms with Crippen LogP contribution in [0.2, 0.25) is 0 Å². The summed E-state index contributed by atoms with van der Waals surface area (Å²) in [6, 6.07) is 21.9. The number of aliphatic carboxylic acids is 1. The molecule has 0 heterocycles. The molecule has 0 radical (unpaired) electrons. The lowest BCUT2D eigenvalue weighted by Crippen LogP contribution is -2.32. The second-order valence-corrected chi connectivity index (χ2v) is 10.5. The van der Waals surface area contributed by atoms with E-state index < -0.39 is 11.6 Å². The van der Waals surface area contributed by atoms with Gasteiger partial charge in [0.05, 0.1) is 13.0 Å². The van der Waals surface area contributed by atoms with Crippen LogP contribution < -0.4 is 15.4 Å². The number of hydrogen-bond donors (Lipinski definition) is 3. The van der Waals surface area contributed by atoms with Crippen molar-refractivity contribution < 1.29 is 29.0 Å². The Bertz CT molecular complexity index is 1280. The van der Waals surface area contributed by atoms with Crippen LogP contribution in [0.3, 0.4) is 0 Å². The van der Waals surface area contributed by atoms with Crippen molar-refractivity contribution in [3.05, 3.63) is 83.9 Å². The molecule has 40 heavy (non-hydrogen) atoms. The number of carbonyl (C=O) groups is 3. The van der Waals surface area contributed by atoms with Gasteiger partial charge in [-0.25, -0.2) is 4.79 Å². The lowest BCUT2D eigenvalue weighted by molar-refractivity contribution is -0.136. The normalized spacial score (nSPS) is 11.0. The molecule has 0 spiro atoms. The Kier molecular flexibility index (Phi) is 11.1. The maximum atomic E-state index is 12.9. The van der Waals surface area contributed by atoms with Crippen molar-refractivity contribution in [2.24, 2.45) is 0 Å². The Morgan fingerprint density at radius 2 is 1.55 bits per heavy atom. The maximum absolute atomic E-state index is 12.9. The second kappa shape index (κ2) is 14.7. The van der Waals surface area contributed by atoms with Crippen molar-refractivity contribution in [3.8, 4) is 16.9 Å². The number of carbonyl (C=O) groups excluding carboxylic acids is 2. The summed E-state index contributed by atoms with van der Waals surface area (Å²) >= 11 is 0. The lowest BCUT2D eigenvalue weighted by atomic mass is 10.0. The van der Waals surface area contributed by atoms with Crippen molar-refractivity contribution in [1.29, 1.82) is 0 Å². The van der Waals surface area contributed by atoms with Gasteiger partial charge in [0, 0.05) is 17.8 Å². The molecule has 3 N–H and O–H groups in total. The van der Waals surface area contributed by atoms with Crippen molar-refractivity contribution >= 4 is 23.7 Å². The van der Waals surface area contributed by atoms with Crippen LogP contribution in [0.5, 0.6) is 5.75 Å². The summed E-state index contributed by atoms with van der Waals surface area (Å²) < 4.78 is 11.1. The zero-order valence-corrected chi connectivity index (χ0v) is 23.4. The number of anilines is 1. The zero-order chi connectivity index (χ0) is 29.0. The Morgan fingerprint density at radius 3 is 2.27 bits per heavy atom. The molecule has 0 unspecified atom stereocenters. The quantitative estimate of drug-likeness (QED) is 0.206. The first-order valence-corrected chi connectivity index (χ1v) is 13.5. The molecule has 0 fully saturated rings. The number of nitrogens with one attached hydrogen (secondary N) is 2. The van der Waals surface area contributed by atoms with E-state index in [1.54, 1.807) is 30.3 Å². The summed E-state index contributed by atoms with van der Waals surface area (Å²) in [5.41, 5.74) is 2.86. The van der Waals surface area contributed by atoms with Crippen molar-refractivity contribution in [2.75, 3.05) is 18.5 Å². The predicted octanol–water partition coefficient (Wildman–Crippen LogP) is 6.70. The topological polar surface area (TPSA) is 114 Å². The fourth-order valence-corrected chi connectivity index (χ4v) is 4.01. The Labute approximate surface area is 235 Å². The van der Waals surface area contributed by atoms with Crippen LogP contribution in [-0.2, 0) is 16.0 Å². The highest BCUT2D eigenvalue weighted by molar-refractivity contribution is 6.05. The van der Waals surface area contributed by atoms with Gasteiger partial charge in [0.2, 0.25) is 0 Å². The van der Waals surface area contributed by atoms with Gasteiger partial charge in [0.25, 0.3) is 5.91 Å². The maximum Gasteiger partial charge on any atom is 0.407 e. The Balaban J connectivity index is 1.43. The van der Waals surface area contributed by atoms with Crippen LogP contribution in [0.1, 0.15) is 62.4 Å². The van der Waals surface area contributed by atoms with Crippen LogP contribution in [-0.4, -0.2) is 41.8 Å². The van der Waals surface area contributed by atoms with Gasteiger partial charge in [-0.05, 0) is 80.6 Å². The van der Waals surface area contributed by atoms with E-state index in [0.717, 1.165) is 42.6 Å². The Hall–Kier alpha value is -4.33. The molecule has 0 aliphatic carbocycles. The number of carboxylic acids is 1. The summed E-state index contributed by atoms with van der Waals surface area (Å²) in [7, 11) is 0. The molecule has 0 aliphatic heterocycles. The van der Waals surface area contributed by atoms with Crippen LogP contribution >= 0.6 is 0 Å². The molecule has 8 heteroatoms. The minimum absolute atomic E-state index is 0.168. The molecule has 3 rings (SSSR count). The van der Waals surface area contributed by atoms with Gasteiger partial charge in [-0.15, -0.1) is 0 Å². The van der Waals surface area contributed by atoms with E-state index in [-0.39, 0.29) is 18.4 Å². The SMILES string of the molecule is CC(C)(C)OC(=O)NCCCCCCOc1ccc(-c2cccc(C(=O)Nc3ccccc3CC(=O)O)c2)cc1. The molecular weight excluding hydrogens is 508 g/mol. The van der Waals surface area contributed by atoms with Gasteiger partial charge >= 0.3 is 12.1 Å². The number of amides is 2. The largest absolute Gasteiger partial charge is 0.494 e. The summed E-state index contributed by atoms with van der Waals surface area (Å²) in [5.74, 6) is -0.486. The number of unbranched alkanes of at least 4 members (excludes halogenated alkanes) is 3. The summed E-state index contributed by atoms with van der Waals surface area (Å²) in [4.78, 5) is 35.7. The van der Waals surface area contributed by atoms with Gasteiger partial charge in [0.1, 0.15) is 11.4 Å². The zero-order valence-electron chi connectivity index (χ0n) is 23.4. The van der Waals surface area contributed by atoms with Crippen LogP contribution in [0.4, 0.5) is 10.5 Å². The molecule has 0 aromatic heterocycles. The number of ether oxygens (including phenoxy) is 2. The van der Waals surface area contributed by atoms with Crippen molar-refractivity contribution in [1.82, 2.24) is 5.32 Å². The Morgan fingerprint density at radius 1 is 0.825 bits per heavy atom. The van der Waals surface area contributed by atoms with E-state index in [9.17, 15) is 14.4 Å². The molecule has 2 amide bonds. The van der Waals surface area contributed by atoms with E-state index in [1.165, 1.54) is 0 Å². The molecule has 3 aromatic carbocycles. The van der Waals surface area contributed by atoms with Crippen LogP contribution in [0.15, 0.2) is 72.8 Å². The third kappa shape index (κ3) is 10.4. The summed E-state index contributed by atoms with van der Waals surface area (Å²) in [6.07, 6.45) is 3.25. The van der Waals surface area contributed by atoms with Gasteiger partial charge in [-0.1, -0.05) is 55.3 Å². The summed E-state index contributed by atoms with van der Waals surface area (Å²) in [6.45, 7) is 6.73. The first-order chi connectivity index (χ1) is 19.1. The van der Waals surface area contributed by atoms with E-state index in [2.05, 4.69) is 10.6 Å². The smallest absolute Gasteiger partial charge is 0.407 e. The fraction of sp³-hybridized carbons (Fsp3) is 0.344. The van der Waals surface area contributed by atoms with Gasteiger partial charge in [-0.3, -0.25) is 9.59 Å². The van der Waals surface area contributed by atoms with E-state index in [1.807, 2.05) is 63.2 Å². The lowest BCUT2D eigenvalue weighted by Gasteiger charge is -2.19. The fourth-order valence-electron chi connectivity index (χ4n) is 4.01. The highest BCUT2D eigenvalue weighted by atomic mass is 16.6. The molecule has 0 saturated heterocycles. The molecule has 8 nitrogen and oxygen atoms in total. The number of carboxylic acid groups (broad SMARTS) is 1. The molecular formula is C32H38N2O6. The first kappa shape index (κ1) is 30.2. The van der Waals surface area contributed by atoms with Crippen molar-refractivity contribution in [3.63, 3.8) is 0 Å². The third-order valence-corrected chi connectivity index (χ3v) is 5.93. The minimum atomic E-state index is -0.958. The average Bonchev–Trinajstić information content (AvgIpc) is 2.90. The summed E-state index contributed by atoms with van der Waals surface area (Å²) in [5, 5.41) is 14.7. The third-order valence-electron chi connectivity index (χ3n) is 5.93. The van der Waals surface area contributed by atoms with Crippen LogP contribution in [0.25, 0.3) is 11.1 Å². The number of alkyl carbamates (subject to hydrolysis) is 1. The molecule has 0 atom stereocenters. The van der Waals surface area contributed by atoms with E-state index in [0.29, 0.717) is 30.0 Å². The van der Waals surface area contributed by atoms with E-state index >= 15 is 0 Å². The second-order valence-electron chi connectivity index (χ2n) is 10.5. The predicted molar refractivity (Wildman–Crippen MR) is 156 cm³/mol. The monoisotopic (exact) mass is 546 g/mol. The highest BCUT2D eigenvalue weighted by Gasteiger charge is 2.15. The van der Waals surface area contributed by atoms with Crippen molar-refractivity contribution in [2.45, 2.75) is 58.5 Å². The van der Waals surface area contributed by atoms with E-state index in [4.69, 9.17) is 14.6 Å². The average molecular weight is 547 g/mol. The molecule has 0 aliphatic rings. The molecule has 212 valence electrons. The van der Waals surface area contributed by atoms with Gasteiger partial charge in [0.15, 0.2) is 0 Å². The molecule has 0 saturated carbocycles. The molecule has 3 aromatic rings. The highest BCUT2D eigenvalue weighted by Crippen LogP contribution is 2.24.